The Morgan fingerprint density at radius 3 is 2.95 bits per heavy atom. The Kier molecular flexibility index (Phi) is 2.97. The minimum absolute atomic E-state index is 0.00914. The van der Waals surface area contributed by atoms with Gasteiger partial charge in [0.15, 0.2) is 0 Å². The van der Waals surface area contributed by atoms with Crippen molar-refractivity contribution < 1.29 is 4.39 Å². The number of benzene rings is 1. The Hall–Kier alpha value is -2.65. The lowest BCUT2D eigenvalue weighted by Gasteiger charge is -2.07. The van der Waals surface area contributed by atoms with E-state index in [0.717, 1.165) is 0 Å². The molecule has 2 N–H and O–H groups in total. The number of anilines is 2. The van der Waals surface area contributed by atoms with Crippen molar-refractivity contribution in [2.45, 2.75) is 0 Å². The highest BCUT2D eigenvalue weighted by molar-refractivity contribution is 6.31. The summed E-state index contributed by atoms with van der Waals surface area (Å²) in [4.78, 5) is 11.0. The minimum Gasteiger partial charge on any atom is -0.345 e. The second-order valence-electron chi connectivity index (χ2n) is 4.01. The third-order valence-corrected chi connectivity index (χ3v) is 3.06. The number of hydrogen-bond acceptors (Lipinski definition) is 4. The van der Waals surface area contributed by atoms with Gasteiger partial charge in [-0.15, -0.1) is 0 Å². The van der Waals surface area contributed by atoms with Crippen LogP contribution < -0.4 is 5.32 Å². The van der Waals surface area contributed by atoms with Gasteiger partial charge in [0.1, 0.15) is 29.7 Å². The quantitative estimate of drug-likeness (QED) is 0.757. The van der Waals surface area contributed by atoms with Crippen LogP contribution in [0.2, 0.25) is 5.02 Å². The molecule has 0 saturated heterocycles. The average Bonchev–Trinajstić information content (AvgIpc) is 2.87. The second kappa shape index (κ2) is 4.79. The summed E-state index contributed by atoms with van der Waals surface area (Å²) in [6.07, 6.45) is 2.93. The van der Waals surface area contributed by atoms with E-state index < -0.39 is 5.82 Å². The van der Waals surface area contributed by atoms with Crippen molar-refractivity contribution in [2.75, 3.05) is 5.32 Å². The van der Waals surface area contributed by atoms with Gasteiger partial charge in [0.25, 0.3) is 0 Å². The Labute approximate surface area is 118 Å². The van der Waals surface area contributed by atoms with Gasteiger partial charge in [-0.3, -0.25) is 0 Å². The number of halogens is 2. The van der Waals surface area contributed by atoms with Crippen molar-refractivity contribution in [2.24, 2.45) is 0 Å². The molecule has 0 bridgehead atoms. The summed E-state index contributed by atoms with van der Waals surface area (Å²) >= 11 is 5.73. The molecule has 2 aromatic heterocycles. The maximum absolute atomic E-state index is 13.1. The van der Waals surface area contributed by atoms with Crippen LogP contribution in [0, 0.1) is 17.1 Å². The number of aromatic nitrogens is 3. The van der Waals surface area contributed by atoms with E-state index >= 15 is 0 Å². The first-order valence-electron chi connectivity index (χ1n) is 5.63. The molecule has 0 atom stereocenters. The third kappa shape index (κ3) is 2.04. The van der Waals surface area contributed by atoms with Crippen LogP contribution in [0.15, 0.2) is 30.7 Å². The maximum atomic E-state index is 13.1. The van der Waals surface area contributed by atoms with E-state index in [-0.39, 0.29) is 5.02 Å². The largest absolute Gasteiger partial charge is 0.345 e. The van der Waals surface area contributed by atoms with Gasteiger partial charge in [-0.25, -0.2) is 14.4 Å². The normalized spacial score (nSPS) is 10.4. The van der Waals surface area contributed by atoms with Crippen molar-refractivity contribution in [3.8, 4) is 6.07 Å². The molecule has 7 heteroatoms. The summed E-state index contributed by atoms with van der Waals surface area (Å²) in [5, 5.41) is 12.7. The predicted octanol–water partition coefficient (Wildman–Crippen LogP) is 3.37. The summed E-state index contributed by atoms with van der Waals surface area (Å²) in [5.41, 5.74) is 1.55. The molecule has 1 aromatic carbocycles. The zero-order chi connectivity index (χ0) is 14.1. The van der Waals surface area contributed by atoms with Gasteiger partial charge in [0.05, 0.1) is 16.0 Å². The van der Waals surface area contributed by atoms with E-state index in [1.165, 1.54) is 24.5 Å². The molecule has 3 aromatic rings. The van der Waals surface area contributed by atoms with Gasteiger partial charge in [-0.2, -0.15) is 5.26 Å². The first-order chi connectivity index (χ1) is 9.69. The molecule has 0 fully saturated rings. The summed E-state index contributed by atoms with van der Waals surface area (Å²) in [7, 11) is 0. The topological polar surface area (TPSA) is 77.4 Å². The predicted molar refractivity (Wildman–Crippen MR) is 73.3 cm³/mol. The fourth-order valence-corrected chi connectivity index (χ4v) is 2.04. The Bertz CT molecular complexity index is 836. The number of nitriles is 1. The highest BCUT2D eigenvalue weighted by Crippen LogP contribution is 2.27. The molecule has 3 rings (SSSR count). The van der Waals surface area contributed by atoms with Crippen molar-refractivity contribution >= 4 is 34.1 Å². The number of hydrogen-bond donors (Lipinski definition) is 2. The summed E-state index contributed by atoms with van der Waals surface area (Å²) < 4.78 is 13.1. The number of nitrogens with zero attached hydrogens (tertiary/aromatic N) is 3. The first-order valence-corrected chi connectivity index (χ1v) is 6.01. The standard InChI is InChI=1S/C13H7ClFN5/c14-9-3-8(1-2-10(9)15)20-13-11-7(4-16)5-17-12(11)18-6-19-13/h1-3,5-6H,(H2,17,18,19,20). The van der Waals surface area contributed by atoms with Crippen molar-refractivity contribution in [3.05, 3.63) is 47.1 Å². The molecule has 98 valence electrons. The number of H-pyrrole nitrogens is 1. The lowest BCUT2D eigenvalue weighted by Crippen LogP contribution is -1.96. The van der Waals surface area contributed by atoms with Crippen LogP contribution in [0.4, 0.5) is 15.9 Å². The molecule has 0 unspecified atom stereocenters. The molecular formula is C13H7ClFN5. The van der Waals surface area contributed by atoms with Crippen molar-refractivity contribution in [1.82, 2.24) is 15.0 Å². The number of aromatic amines is 1. The van der Waals surface area contributed by atoms with E-state index in [1.54, 1.807) is 6.20 Å². The van der Waals surface area contributed by atoms with Crippen LogP contribution in [0.5, 0.6) is 0 Å². The maximum Gasteiger partial charge on any atom is 0.144 e. The Morgan fingerprint density at radius 2 is 2.20 bits per heavy atom. The second-order valence-corrected chi connectivity index (χ2v) is 4.42. The zero-order valence-electron chi connectivity index (χ0n) is 9.98. The SMILES string of the molecule is N#Cc1c[nH]c2ncnc(Nc3ccc(F)c(Cl)c3)c12. The van der Waals surface area contributed by atoms with Crippen molar-refractivity contribution in [3.63, 3.8) is 0 Å². The fraction of sp³-hybridized carbons (Fsp3) is 0. The van der Waals surface area contributed by atoms with Crippen LogP contribution in [0.1, 0.15) is 5.56 Å². The molecule has 5 nitrogen and oxygen atoms in total. The highest BCUT2D eigenvalue weighted by atomic mass is 35.5. The van der Waals surface area contributed by atoms with E-state index in [0.29, 0.717) is 28.1 Å². The number of fused-ring (bicyclic) bond motifs is 1. The van der Waals surface area contributed by atoms with Gasteiger partial charge in [0.2, 0.25) is 0 Å². The molecule has 2 heterocycles. The van der Waals surface area contributed by atoms with Crippen LogP contribution in [-0.2, 0) is 0 Å². The number of nitrogens with one attached hydrogen (secondary N) is 2. The molecule has 20 heavy (non-hydrogen) atoms. The molecule has 0 amide bonds. The van der Waals surface area contributed by atoms with Gasteiger partial charge in [0, 0.05) is 11.9 Å². The molecule has 0 spiro atoms. The summed E-state index contributed by atoms with van der Waals surface area (Å²) in [5.74, 6) is -0.0418. The molecule has 0 aliphatic rings. The smallest absolute Gasteiger partial charge is 0.144 e. The van der Waals surface area contributed by atoms with E-state index in [1.807, 2.05) is 0 Å². The van der Waals surface area contributed by atoms with Crippen LogP contribution in [0.3, 0.4) is 0 Å². The summed E-state index contributed by atoms with van der Waals surface area (Å²) in [6.45, 7) is 0. The summed E-state index contributed by atoms with van der Waals surface area (Å²) in [6, 6.07) is 6.30. The van der Waals surface area contributed by atoms with Gasteiger partial charge >= 0.3 is 0 Å². The van der Waals surface area contributed by atoms with E-state index in [9.17, 15) is 4.39 Å². The molecular weight excluding hydrogens is 281 g/mol. The molecule has 0 aliphatic heterocycles. The minimum atomic E-state index is -0.496. The van der Waals surface area contributed by atoms with Crippen LogP contribution >= 0.6 is 11.6 Å². The monoisotopic (exact) mass is 287 g/mol. The first kappa shape index (κ1) is 12.4. The fourth-order valence-electron chi connectivity index (χ4n) is 1.86. The Morgan fingerprint density at radius 1 is 1.35 bits per heavy atom. The Balaban J connectivity index is 2.08. The van der Waals surface area contributed by atoms with Gasteiger partial charge in [-0.05, 0) is 18.2 Å². The molecule has 0 radical (unpaired) electrons. The molecule has 0 aliphatic carbocycles. The van der Waals surface area contributed by atoms with Gasteiger partial charge < -0.3 is 10.3 Å². The van der Waals surface area contributed by atoms with Crippen LogP contribution in [0.25, 0.3) is 11.0 Å². The average molecular weight is 288 g/mol. The van der Waals surface area contributed by atoms with E-state index in [2.05, 4.69) is 26.3 Å². The lowest BCUT2D eigenvalue weighted by molar-refractivity contribution is 0.628. The van der Waals surface area contributed by atoms with Crippen LogP contribution in [-0.4, -0.2) is 15.0 Å². The number of rotatable bonds is 2. The lowest BCUT2D eigenvalue weighted by atomic mass is 10.2. The molecule has 0 saturated carbocycles. The highest BCUT2D eigenvalue weighted by Gasteiger charge is 2.11. The zero-order valence-corrected chi connectivity index (χ0v) is 10.7. The van der Waals surface area contributed by atoms with Gasteiger partial charge in [-0.1, -0.05) is 11.6 Å². The van der Waals surface area contributed by atoms with Crippen molar-refractivity contribution in [1.29, 1.82) is 5.26 Å². The van der Waals surface area contributed by atoms with E-state index in [4.69, 9.17) is 16.9 Å². The third-order valence-electron chi connectivity index (χ3n) is 2.77.